The lowest BCUT2D eigenvalue weighted by molar-refractivity contribution is 0.368. The van der Waals surface area contributed by atoms with Crippen molar-refractivity contribution < 1.29 is 14.7 Å². The predicted octanol–water partition coefficient (Wildman–Crippen LogP) is 3.78. The Labute approximate surface area is 118 Å². The molecule has 4 heteroatoms. The van der Waals surface area contributed by atoms with Crippen LogP contribution in [-0.2, 0) is 10.8 Å². The maximum Gasteiger partial charge on any atom is 0.324 e. The van der Waals surface area contributed by atoms with Gasteiger partial charge in [-0.25, -0.2) is 0 Å². The van der Waals surface area contributed by atoms with E-state index in [0.29, 0.717) is 0 Å². The van der Waals surface area contributed by atoms with E-state index in [9.17, 15) is 0 Å². The third-order valence-corrected chi connectivity index (χ3v) is 2.81. The topological polar surface area (TPSA) is 60.7 Å². The molecular weight excluding hydrogens is 259 g/mol. The van der Waals surface area contributed by atoms with Gasteiger partial charge in [-0.2, -0.15) is 0 Å². The fourth-order valence-corrected chi connectivity index (χ4v) is 1.65. The van der Waals surface area contributed by atoms with Crippen molar-refractivity contribution in [3.8, 4) is 0 Å². The van der Waals surface area contributed by atoms with Crippen LogP contribution in [0.1, 0.15) is 58.2 Å². The molecule has 0 fully saturated rings. The van der Waals surface area contributed by atoms with Gasteiger partial charge in [0.05, 0.1) is 0 Å². The average Bonchev–Trinajstić information content (AvgIpc) is 2.12. The molecule has 3 nitrogen and oxygen atoms in total. The van der Waals surface area contributed by atoms with Crippen LogP contribution in [0.5, 0.6) is 0 Å². The smallest absolute Gasteiger partial charge is 0.324 e. The number of hydrogen-bond acceptors (Lipinski definition) is 3. The minimum atomic E-state index is -2.62. The summed E-state index contributed by atoms with van der Waals surface area (Å²) in [7, 11) is -2.62. The van der Waals surface area contributed by atoms with Gasteiger partial charge in [0.1, 0.15) is 0 Å². The molecule has 0 bridgehead atoms. The van der Waals surface area contributed by atoms with Gasteiger partial charge in [-0.05, 0) is 28.9 Å². The van der Waals surface area contributed by atoms with Crippen LogP contribution < -0.4 is 0 Å². The van der Waals surface area contributed by atoms with Crippen molar-refractivity contribution in [1.82, 2.24) is 0 Å². The lowest BCUT2D eigenvalue weighted by Crippen LogP contribution is -2.16. The lowest BCUT2D eigenvalue weighted by atomic mass is 9.80. The second-order valence-corrected chi connectivity index (χ2v) is 7.39. The molecule has 110 valence electrons. The maximum atomic E-state index is 7.23. The molecule has 19 heavy (non-hydrogen) atoms. The van der Waals surface area contributed by atoms with Gasteiger partial charge >= 0.3 is 8.60 Å². The fraction of sp³-hybridized carbons (Fsp3) is 0.600. The van der Waals surface area contributed by atoms with E-state index in [0.717, 1.165) is 0 Å². The summed E-state index contributed by atoms with van der Waals surface area (Å²) in [5.74, 6) is 0. The summed E-state index contributed by atoms with van der Waals surface area (Å²) in [6.07, 6.45) is 0. The van der Waals surface area contributed by atoms with E-state index in [1.807, 2.05) is 0 Å². The van der Waals surface area contributed by atoms with Crippen molar-refractivity contribution in [3.63, 3.8) is 0 Å². The second-order valence-electron chi connectivity index (χ2n) is 6.86. The highest BCUT2D eigenvalue weighted by molar-refractivity contribution is 7.38. The van der Waals surface area contributed by atoms with Crippen molar-refractivity contribution >= 4 is 8.60 Å². The van der Waals surface area contributed by atoms with E-state index in [1.54, 1.807) is 0 Å². The van der Waals surface area contributed by atoms with Crippen molar-refractivity contribution in [2.75, 3.05) is 0 Å². The van der Waals surface area contributed by atoms with Gasteiger partial charge in [-0.1, -0.05) is 65.3 Å². The normalized spacial score (nSPS) is 12.2. The molecule has 0 amide bonds. The molecule has 1 aromatic rings. The molecule has 0 aliphatic heterocycles. The van der Waals surface area contributed by atoms with E-state index in [4.69, 9.17) is 14.7 Å². The Morgan fingerprint density at radius 1 is 0.737 bits per heavy atom. The van der Waals surface area contributed by atoms with E-state index in [-0.39, 0.29) is 10.8 Å². The van der Waals surface area contributed by atoms with Crippen LogP contribution in [-0.4, -0.2) is 14.7 Å². The maximum absolute atomic E-state index is 7.23. The minimum Gasteiger partial charge on any atom is -0.328 e. The van der Waals surface area contributed by atoms with Crippen molar-refractivity contribution in [2.45, 2.75) is 59.3 Å². The summed E-state index contributed by atoms with van der Waals surface area (Å²) in [6.45, 7) is 15.8. The van der Waals surface area contributed by atoms with Crippen LogP contribution in [0.4, 0.5) is 0 Å². The van der Waals surface area contributed by atoms with Gasteiger partial charge in [0.15, 0.2) is 0 Å². The molecule has 0 aliphatic rings. The summed E-state index contributed by atoms with van der Waals surface area (Å²) in [4.78, 5) is 21.7. The van der Waals surface area contributed by atoms with E-state index in [2.05, 4.69) is 66.7 Å². The average molecular weight is 286 g/mol. The Hall–Kier alpha value is -0.470. The lowest BCUT2D eigenvalue weighted by Gasteiger charge is -2.25. The fourth-order valence-electron chi connectivity index (χ4n) is 1.65. The van der Waals surface area contributed by atoms with Gasteiger partial charge in [0, 0.05) is 0 Å². The van der Waals surface area contributed by atoms with E-state index in [1.165, 1.54) is 16.7 Å². The van der Waals surface area contributed by atoms with E-state index < -0.39 is 8.60 Å². The zero-order valence-electron chi connectivity index (χ0n) is 13.0. The molecule has 0 spiro atoms. The highest BCUT2D eigenvalue weighted by Crippen LogP contribution is 2.29. The predicted molar refractivity (Wildman–Crippen MR) is 82.2 cm³/mol. The monoisotopic (exact) mass is 286 g/mol. The molecule has 0 aliphatic carbocycles. The molecular formula is C15H27O3P. The Morgan fingerprint density at radius 3 is 1.21 bits per heavy atom. The first kappa shape index (κ1) is 18.5. The first-order chi connectivity index (χ1) is 8.34. The van der Waals surface area contributed by atoms with Crippen molar-refractivity contribution in [1.29, 1.82) is 0 Å². The Balaban J connectivity index is 0.000000711. The first-order valence-corrected chi connectivity index (χ1v) is 7.53. The summed E-state index contributed by atoms with van der Waals surface area (Å²) in [5, 5.41) is 0. The summed E-state index contributed by atoms with van der Waals surface area (Å²) < 4.78 is 0. The number of hydrogen-bond donors (Lipinski definition) is 3. The van der Waals surface area contributed by atoms with Crippen molar-refractivity contribution in [3.05, 3.63) is 34.9 Å². The molecule has 0 atom stereocenters. The Bertz CT molecular complexity index is 366. The minimum absolute atomic E-state index is 0.242. The molecule has 0 aromatic heterocycles. The van der Waals surface area contributed by atoms with Crippen LogP contribution >= 0.6 is 8.60 Å². The molecule has 0 unspecified atom stereocenters. The van der Waals surface area contributed by atoms with Gasteiger partial charge in [0.2, 0.25) is 0 Å². The zero-order valence-corrected chi connectivity index (χ0v) is 13.9. The number of aryl methyl sites for hydroxylation is 1. The number of rotatable bonds is 0. The SMILES string of the molecule is Cc1cc(C(C)(C)C)cc(C(C)(C)C)c1.OP(O)O. The van der Waals surface area contributed by atoms with Crippen LogP contribution in [0.3, 0.4) is 0 Å². The number of benzene rings is 1. The summed E-state index contributed by atoms with van der Waals surface area (Å²) >= 11 is 0. The van der Waals surface area contributed by atoms with Gasteiger partial charge in [-0.15, -0.1) is 0 Å². The third kappa shape index (κ3) is 7.64. The summed E-state index contributed by atoms with van der Waals surface area (Å²) in [6, 6.07) is 6.96. The molecule has 0 heterocycles. The highest BCUT2D eigenvalue weighted by Gasteiger charge is 2.19. The molecule has 0 saturated heterocycles. The van der Waals surface area contributed by atoms with Crippen molar-refractivity contribution in [2.24, 2.45) is 0 Å². The van der Waals surface area contributed by atoms with Gasteiger partial charge < -0.3 is 14.7 Å². The van der Waals surface area contributed by atoms with Gasteiger partial charge in [-0.3, -0.25) is 0 Å². The zero-order chi connectivity index (χ0) is 15.4. The van der Waals surface area contributed by atoms with Crippen LogP contribution in [0.15, 0.2) is 18.2 Å². The molecule has 0 radical (unpaired) electrons. The highest BCUT2D eigenvalue weighted by atomic mass is 31.2. The van der Waals surface area contributed by atoms with Crippen LogP contribution in [0, 0.1) is 6.92 Å². The quantitative estimate of drug-likeness (QED) is 0.636. The van der Waals surface area contributed by atoms with E-state index >= 15 is 0 Å². The molecule has 0 saturated carbocycles. The largest absolute Gasteiger partial charge is 0.328 e. The standard InChI is InChI=1S/C15H24.H3O3P/c1-11-8-12(14(2,3)4)10-13(9-11)15(5,6)7;1-4(2)3/h8-10H,1-7H3;1-3H. The second kappa shape index (κ2) is 6.81. The molecule has 3 N–H and O–H groups in total. The molecule has 1 rings (SSSR count). The molecule has 1 aromatic carbocycles. The Kier molecular flexibility index (Phi) is 6.64. The van der Waals surface area contributed by atoms with Crippen LogP contribution in [0.2, 0.25) is 0 Å². The third-order valence-electron chi connectivity index (χ3n) is 2.81. The van der Waals surface area contributed by atoms with Gasteiger partial charge in [0.25, 0.3) is 0 Å². The van der Waals surface area contributed by atoms with Crippen LogP contribution in [0.25, 0.3) is 0 Å². The first-order valence-electron chi connectivity index (χ1n) is 6.33. The summed E-state index contributed by atoms with van der Waals surface area (Å²) in [5.41, 5.74) is 4.73. The Morgan fingerprint density at radius 2 is 1.00 bits per heavy atom.